The fourth-order valence-corrected chi connectivity index (χ4v) is 5.65. The SMILES string of the molecule is CCCCOC(=O)N1CCc2nc(N3CCN(CCOCCN4CCN(c5ncc(C(=O)OCC)cn5)CC4)CC3)ncc2C1. The molecule has 2 aromatic rings. The summed E-state index contributed by atoms with van der Waals surface area (Å²) in [7, 11) is 0. The van der Waals surface area contributed by atoms with Crippen molar-refractivity contribution in [2.75, 3.05) is 108 Å². The molecule has 14 heteroatoms. The van der Waals surface area contributed by atoms with Gasteiger partial charge in [-0.3, -0.25) is 9.80 Å². The summed E-state index contributed by atoms with van der Waals surface area (Å²) in [6, 6.07) is 0. The second kappa shape index (κ2) is 16.6. The Kier molecular flexibility index (Phi) is 12.1. The monoisotopic (exact) mass is 625 g/mol. The molecule has 0 radical (unpaired) electrons. The molecule has 3 aliphatic heterocycles. The number of carbonyl (C=O) groups is 2. The minimum absolute atomic E-state index is 0.246. The van der Waals surface area contributed by atoms with Crippen LogP contribution in [-0.4, -0.2) is 145 Å². The first-order valence-corrected chi connectivity index (χ1v) is 16.3. The number of aromatic nitrogens is 4. The Labute approximate surface area is 265 Å². The molecular formula is C31H47N9O5. The maximum Gasteiger partial charge on any atom is 0.410 e. The van der Waals surface area contributed by atoms with Gasteiger partial charge in [-0.25, -0.2) is 29.5 Å². The molecule has 5 heterocycles. The van der Waals surface area contributed by atoms with E-state index in [4.69, 9.17) is 19.2 Å². The van der Waals surface area contributed by atoms with E-state index < -0.39 is 5.97 Å². The molecular weight excluding hydrogens is 578 g/mol. The minimum atomic E-state index is -0.395. The predicted octanol–water partition coefficient (Wildman–Crippen LogP) is 1.70. The van der Waals surface area contributed by atoms with E-state index in [2.05, 4.69) is 41.5 Å². The molecule has 0 aliphatic carbocycles. The molecule has 0 N–H and O–H groups in total. The van der Waals surface area contributed by atoms with Gasteiger partial charge in [-0.2, -0.15) is 0 Å². The number of nitrogens with zero attached hydrogens (tertiary/aromatic N) is 9. The Balaban J connectivity index is 0.938. The Morgan fingerprint density at radius 1 is 0.756 bits per heavy atom. The van der Waals surface area contributed by atoms with Crippen LogP contribution in [0.1, 0.15) is 48.3 Å². The highest BCUT2D eigenvalue weighted by molar-refractivity contribution is 5.88. The third kappa shape index (κ3) is 9.21. The summed E-state index contributed by atoms with van der Waals surface area (Å²) in [6.45, 7) is 16.2. The predicted molar refractivity (Wildman–Crippen MR) is 169 cm³/mol. The van der Waals surface area contributed by atoms with E-state index in [0.717, 1.165) is 102 Å². The molecule has 246 valence electrons. The highest BCUT2D eigenvalue weighted by Gasteiger charge is 2.26. The Hall–Kier alpha value is -3.62. The Bertz CT molecular complexity index is 1230. The molecule has 3 aliphatic rings. The fourth-order valence-electron chi connectivity index (χ4n) is 5.65. The van der Waals surface area contributed by atoms with Gasteiger partial charge in [0.25, 0.3) is 0 Å². The summed E-state index contributed by atoms with van der Waals surface area (Å²) in [6.07, 6.45) is 7.32. The van der Waals surface area contributed by atoms with Crippen molar-refractivity contribution in [1.29, 1.82) is 0 Å². The van der Waals surface area contributed by atoms with Crippen molar-refractivity contribution in [2.45, 2.75) is 39.7 Å². The van der Waals surface area contributed by atoms with Crippen molar-refractivity contribution in [3.63, 3.8) is 0 Å². The van der Waals surface area contributed by atoms with E-state index >= 15 is 0 Å². The first-order valence-electron chi connectivity index (χ1n) is 16.3. The number of esters is 1. The second-order valence-corrected chi connectivity index (χ2v) is 11.5. The van der Waals surface area contributed by atoms with Crippen LogP contribution in [0.15, 0.2) is 18.6 Å². The quantitative estimate of drug-likeness (QED) is 0.237. The average molecular weight is 626 g/mol. The van der Waals surface area contributed by atoms with Gasteiger partial charge >= 0.3 is 12.1 Å². The van der Waals surface area contributed by atoms with Crippen molar-refractivity contribution >= 4 is 24.0 Å². The number of amides is 1. The van der Waals surface area contributed by atoms with Crippen LogP contribution in [0.25, 0.3) is 0 Å². The van der Waals surface area contributed by atoms with Crippen molar-refractivity contribution in [1.82, 2.24) is 34.6 Å². The van der Waals surface area contributed by atoms with Crippen molar-refractivity contribution in [2.24, 2.45) is 0 Å². The number of carbonyl (C=O) groups excluding carboxylic acids is 2. The van der Waals surface area contributed by atoms with Crippen LogP contribution in [0, 0.1) is 0 Å². The summed E-state index contributed by atoms with van der Waals surface area (Å²) in [5, 5.41) is 0. The zero-order chi connectivity index (χ0) is 31.4. The fraction of sp³-hybridized carbons (Fsp3) is 0.677. The lowest BCUT2D eigenvalue weighted by Gasteiger charge is -2.35. The molecule has 0 unspecified atom stereocenters. The maximum atomic E-state index is 12.3. The molecule has 0 bridgehead atoms. The summed E-state index contributed by atoms with van der Waals surface area (Å²) >= 11 is 0. The lowest BCUT2D eigenvalue weighted by Crippen LogP contribution is -2.48. The van der Waals surface area contributed by atoms with Crippen LogP contribution in [0.2, 0.25) is 0 Å². The van der Waals surface area contributed by atoms with Gasteiger partial charge in [0, 0.05) is 103 Å². The molecule has 0 aromatic carbocycles. The highest BCUT2D eigenvalue weighted by atomic mass is 16.6. The molecule has 5 rings (SSSR count). The van der Waals surface area contributed by atoms with Crippen LogP contribution in [0.4, 0.5) is 16.7 Å². The zero-order valence-corrected chi connectivity index (χ0v) is 26.7. The van der Waals surface area contributed by atoms with Crippen molar-refractivity contribution in [3.8, 4) is 0 Å². The first-order chi connectivity index (χ1) is 22.0. The largest absolute Gasteiger partial charge is 0.462 e. The molecule has 14 nitrogen and oxygen atoms in total. The lowest BCUT2D eigenvalue weighted by atomic mass is 10.1. The Morgan fingerprint density at radius 2 is 1.38 bits per heavy atom. The Morgan fingerprint density at radius 3 is 2.00 bits per heavy atom. The second-order valence-electron chi connectivity index (χ2n) is 11.5. The van der Waals surface area contributed by atoms with E-state index in [1.54, 1.807) is 11.8 Å². The molecule has 1 amide bonds. The highest BCUT2D eigenvalue weighted by Crippen LogP contribution is 2.21. The molecule has 2 aromatic heterocycles. The van der Waals surface area contributed by atoms with Gasteiger partial charge in [0.15, 0.2) is 0 Å². The smallest absolute Gasteiger partial charge is 0.410 e. The van der Waals surface area contributed by atoms with Gasteiger partial charge < -0.3 is 28.9 Å². The summed E-state index contributed by atoms with van der Waals surface area (Å²) in [4.78, 5) is 53.3. The third-order valence-electron chi connectivity index (χ3n) is 8.47. The number of anilines is 2. The van der Waals surface area contributed by atoms with Gasteiger partial charge in [0.1, 0.15) is 0 Å². The molecule has 45 heavy (non-hydrogen) atoms. The van der Waals surface area contributed by atoms with E-state index in [1.807, 2.05) is 6.20 Å². The van der Waals surface area contributed by atoms with E-state index in [9.17, 15) is 9.59 Å². The van der Waals surface area contributed by atoms with E-state index in [1.165, 1.54) is 12.4 Å². The number of hydrogen-bond donors (Lipinski definition) is 0. The first kappa shape index (κ1) is 32.8. The third-order valence-corrected chi connectivity index (χ3v) is 8.47. The molecule has 0 saturated carbocycles. The van der Waals surface area contributed by atoms with Crippen LogP contribution in [-0.2, 0) is 27.2 Å². The number of piperazine rings is 2. The normalized spacial score (nSPS) is 17.7. The average Bonchev–Trinajstić information content (AvgIpc) is 3.08. The summed E-state index contributed by atoms with van der Waals surface area (Å²) in [5.41, 5.74) is 2.41. The minimum Gasteiger partial charge on any atom is -0.462 e. The molecule has 0 spiro atoms. The van der Waals surface area contributed by atoms with E-state index in [0.29, 0.717) is 51.0 Å². The van der Waals surface area contributed by atoms with Gasteiger partial charge in [-0.05, 0) is 13.3 Å². The van der Waals surface area contributed by atoms with Gasteiger partial charge in [0.05, 0.1) is 44.2 Å². The van der Waals surface area contributed by atoms with Crippen LogP contribution < -0.4 is 9.80 Å². The standard InChI is InChI=1S/C31H47N9O5/c1-3-5-18-45-31(42)40-7-6-27-26(24-40)23-34-30(35-27)39-14-10-37(11-15-39)17-20-43-19-16-36-8-12-38(13-9-36)29-32-21-25(22-33-29)28(41)44-4-2/h21-23H,3-20,24H2,1-2H3. The molecule has 2 saturated heterocycles. The van der Waals surface area contributed by atoms with Crippen molar-refractivity contribution < 1.29 is 23.8 Å². The molecule has 0 atom stereocenters. The number of hydrogen-bond acceptors (Lipinski definition) is 13. The number of ether oxygens (including phenoxy) is 3. The number of rotatable bonds is 13. The molecule has 2 fully saturated rings. The summed E-state index contributed by atoms with van der Waals surface area (Å²) in [5.74, 6) is 1.03. The lowest BCUT2D eigenvalue weighted by molar-refractivity contribution is 0.0525. The van der Waals surface area contributed by atoms with Crippen molar-refractivity contribution in [3.05, 3.63) is 35.4 Å². The van der Waals surface area contributed by atoms with Gasteiger partial charge in [-0.15, -0.1) is 0 Å². The van der Waals surface area contributed by atoms with E-state index in [-0.39, 0.29) is 6.09 Å². The number of unbranched alkanes of at least 4 members (excludes halogenated alkanes) is 1. The van der Waals surface area contributed by atoms with Crippen LogP contribution in [0.5, 0.6) is 0 Å². The van der Waals surface area contributed by atoms with Crippen LogP contribution >= 0.6 is 0 Å². The zero-order valence-electron chi connectivity index (χ0n) is 26.7. The number of fused-ring (bicyclic) bond motifs is 1. The summed E-state index contributed by atoms with van der Waals surface area (Å²) < 4.78 is 16.4. The maximum absolute atomic E-state index is 12.3. The van der Waals surface area contributed by atoms with Crippen LogP contribution in [0.3, 0.4) is 0 Å². The topological polar surface area (TPSA) is 130 Å². The van der Waals surface area contributed by atoms with Gasteiger partial charge in [0.2, 0.25) is 11.9 Å². The van der Waals surface area contributed by atoms with Gasteiger partial charge in [-0.1, -0.05) is 13.3 Å².